The number of hydrogen-bond donors (Lipinski definition) is 3. The molecule has 23 heavy (non-hydrogen) atoms. The predicted molar refractivity (Wildman–Crippen MR) is 95.9 cm³/mol. The van der Waals surface area contributed by atoms with Crippen LogP contribution in [0.4, 0.5) is 29.0 Å². The van der Waals surface area contributed by atoms with Crippen molar-refractivity contribution in [2.24, 2.45) is 0 Å². The molecule has 0 amide bonds. The smallest absolute Gasteiger partial charge is 0.223 e. The normalized spacial score (nSPS) is 10.3. The molecule has 1 heterocycles. The van der Waals surface area contributed by atoms with Crippen molar-refractivity contribution in [1.82, 2.24) is 9.97 Å². The molecule has 0 aliphatic carbocycles. The van der Waals surface area contributed by atoms with Gasteiger partial charge in [0.25, 0.3) is 0 Å². The summed E-state index contributed by atoms with van der Waals surface area (Å²) in [6.45, 7) is 0. The van der Waals surface area contributed by atoms with Crippen LogP contribution in [0.15, 0.2) is 54.6 Å². The average molecular weight is 346 g/mol. The minimum Gasteiger partial charge on any atom is -0.368 e. The van der Waals surface area contributed by atoms with E-state index in [2.05, 4.69) is 20.6 Å². The van der Waals surface area contributed by atoms with Gasteiger partial charge >= 0.3 is 0 Å². The van der Waals surface area contributed by atoms with Gasteiger partial charge in [-0.1, -0.05) is 35.3 Å². The SMILES string of the molecule is Nc1nc(Nc2cccc(Cl)c2)cc(Nc2cccc(Cl)c2)n1. The van der Waals surface area contributed by atoms with Gasteiger partial charge in [0.15, 0.2) is 0 Å². The molecule has 3 aromatic rings. The number of aromatic nitrogens is 2. The monoisotopic (exact) mass is 345 g/mol. The van der Waals surface area contributed by atoms with Crippen molar-refractivity contribution in [3.8, 4) is 0 Å². The van der Waals surface area contributed by atoms with Gasteiger partial charge < -0.3 is 16.4 Å². The van der Waals surface area contributed by atoms with Crippen molar-refractivity contribution >= 4 is 52.2 Å². The maximum atomic E-state index is 5.97. The summed E-state index contributed by atoms with van der Waals surface area (Å²) in [6, 6.07) is 16.4. The molecule has 0 atom stereocenters. The van der Waals surface area contributed by atoms with Crippen LogP contribution in [-0.4, -0.2) is 9.97 Å². The van der Waals surface area contributed by atoms with Crippen LogP contribution in [0.3, 0.4) is 0 Å². The molecule has 0 radical (unpaired) electrons. The van der Waals surface area contributed by atoms with E-state index in [0.717, 1.165) is 11.4 Å². The molecule has 116 valence electrons. The van der Waals surface area contributed by atoms with E-state index >= 15 is 0 Å². The quantitative estimate of drug-likeness (QED) is 0.629. The van der Waals surface area contributed by atoms with Crippen LogP contribution in [0.25, 0.3) is 0 Å². The minimum absolute atomic E-state index is 0.154. The first kappa shape index (κ1) is 15.4. The number of hydrogen-bond acceptors (Lipinski definition) is 5. The number of anilines is 5. The van der Waals surface area contributed by atoms with E-state index in [-0.39, 0.29) is 5.95 Å². The van der Waals surface area contributed by atoms with E-state index < -0.39 is 0 Å². The Labute approximate surface area is 143 Å². The third-order valence-electron chi connectivity index (χ3n) is 2.94. The highest BCUT2D eigenvalue weighted by atomic mass is 35.5. The highest BCUT2D eigenvalue weighted by Gasteiger charge is 2.04. The lowest BCUT2D eigenvalue weighted by molar-refractivity contribution is 1.18. The predicted octanol–water partition coefficient (Wildman–Crippen LogP) is 4.85. The van der Waals surface area contributed by atoms with Crippen LogP contribution < -0.4 is 16.4 Å². The Morgan fingerprint density at radius 1 is 0.739 bits per heavy atom. The highest BCUT2D eigenvalue weighted by molar-refractivity contribution is 6.31. The Hall–Kier alpha value is -2.50. The summed E-state index contributed by atoms with van der Waals surface area (Å²) in [5, 5.41) is 7.55. The maximum Gasteiger partial charge on any atom is 0.223 e. The standard InChI is InChI=1S/C16H13Cl2N5/c17-10-3-1-5-12(7-10)20-14-9-15(23-16(19)22-14)21-13-6-2-4-11(18)8-13/h1-9H,(H4,19,20,21,22,23). The van der Waals surface area contributed by atoms with Gasteiger partial charge in [-0.05, 0) is 36.4 Å². The zero-order chi connectivity index (χ0) is 16.2. The zero-order valence-electron chi connectivity index (χ0n) is 11.9. The molecule has 0 spiro atoms. The number of rotatable bonds is 4. The van der Waals surface area contributed by atoms with Gasteiger partial charge in [0.1, 0.15) is 11.6 Å². The molecular weight excluding hydrogens is 333 g/mol. The number of nitrogens with one attached hydrogen (secondary N) is 2. The second kappa shape index (κ2) is 6.73. The molecule has 0 saturated heterocycles. The molecule has 0 aliphatic rings. The zero-order valence-corrected chi connectivity index (χ0v) is 13.4. The van der Waals surface area contributed by atoms with Crippen LogP contribution in [0.2, 0.25) is 10.0 Å². The highest BCUT2D eigenvalue weighted by Crippen LogP contribution is 2.23. The van der Waals surface area contributed by atoms with E-state index in [9.17, 15) is 0 Å². The van der Waals surface area contributed by atoms with Gasteiger partial charge in [-0.3, -0.25) is 0 Å². The first-order valence-corrected chi connectivity index (χ1v) is 7.54. The van der Waals surface area contributed by atoms with E-state index in [1.807, 2.05) is 24.3 Å². The number of benzene rings is 2. The molecule has 0 aliphatic heterocycles. The lowest BCUT2D eigenvalue weighted by Gasteiger charge is -2.10. The van der Waals surface area contributed by atoms with Crippen molar-refractivity contribution in [2.45, 2.75) is 0 Å². The first-order valence-electron chi connectivity index (χ1n) is 6.78. The second-order valence-corrected chi connectivity index (χ2v) is 5.64. The molecular formula is C16H13Cl2N5. The van der Waals surface area contributed by atoms with Crippen molar-refractivity contribution < 1.29 is 0 Å². The number of nitrogen functional groups attached to an aromatic ring is 1. The lowest BCUT2D eigenvalue weighted by Crippen LogP contribution is -2.03. The molecule has 0 unspecified atom stereocenters. The largest absolute Gasteiger partial charge is 0.368 e. The maximum absolute atomic E-state index is 5.97. The van der Waals surface area contributed by atoms with Crippen LogP contribution in [0.1, 0.15) is 0 Å². The van der Waals surface area contributed by atoms with Gasteiger partial charge in [-0.25, -0.2) is 0 Å². The van der Waals surface area contributed by atoms with Crippen molar-refractivity contribution in [2.75, 3.05) is 16.4 Å². The van der Waals surface area contributed by atoms with Gasteiger partial charge in [0.2, 0.25) is 5.95 Å². The van der Waals surface area contributed by atoms with Crippen LogP contribution in [-0.2, 0) is 0 Å². The summed E-state index contributed by atoms with van der Waals surface area (Å²) in [6.07, 6.45) is 0. The van der Waals surface area contributed by atoms with E-state index in [4.69, 9.17) is 28.9 Å². The van der Waals surface area contributed by atoms with Gasteiger partial charge in [0.05, 0.1) is 0 Å². The molecule has 0 saturated carbocycles. The summed E-state index contributed by atoms with van der Waals surface area (Å²) in [4.78, 5) is 8.33. The number of halogens is 2. The first-order chi connectivity index (χ1) is 11.1. The molecule has 1 aromatic heterocycles. The second-order valence-electron chi connectivity index (χ2n) is 4.77. The average Bonchev–Trinajstić information content (AvgIpc) is 2.46. The summed E-state index contributed by atoms with van der Waals surface area (Å²) < 4.78 is 0. The van der Waals surface area contributed by atoms with Gasteiger partial charge in [-0.15, -0.1) is 0 Å². The topological polar surface area (TPSA) is 75.9 Å². The van der Waals surface area contributed by atoms with E-state index in [1.165, 1.54) is 0 Å². The van der Waals surface area contributed by atoms with Crippen LogP contribution in [0, 0.1) is 0 Å². The Bertz CT molecular complexity index is 772. The van der Waals surface area contributed by atoms with Crippen molar-refractivity contribution in [3.05, 3.63) is 64.6 Å². The summed E-state index contributed by atoms with van der Waals surface area (Å²) >= 11 is 11.9. The number of nitrogens with zero attached hydrogens (tertiary/aromatic N) is 2. The molecule has 3 rings (SSSR count). The fourth-order valence-electron chi connectivity index (χ4n) is 2.02. The fourth-order valence-corrected chi connectivity index (χ4v) is 2.40. The molecule has 0 bridgehead atoms. The molecule has 7 heteroatoms. The summed E-state index contributed by atoms with van der Waals surface area (Å²) in [7, 11) is 0. The summed E-state index contributed by atoms with van der Waals surface area (Å²) in [5.74, 6) is 1.27. The van der Waals surface area contributed by atoms with Crippen LogP contribution >= 0.6 is 23.2 Å². The third kappa shape index (κ3) is 4.25. The Morgan fingerprint density at radius 2 is 1.22 bits per heavy atom. The lowest BCUT2D eigenvalue weighted by atomic mass is 10.3. The minimum atomic E-state index is 0.154. The summed E-state index contributed by atoms with van der Waals surface area (Å²) in [5.41, 5.74) is 7.39. The Balaban J connectivity index is 1.84. The Morgan fingerprint density at radius 3 is 1.65 bits per heavy atom. The van der Waals surface area contributed by atoms with Crippen LogP contribution in [0.5, 0.6) is 0 Å². The van der Waals surface area contributed by atoms with Crippen molar-refractivity contribution in [1.29, 1.82) is 0 Å². The Kier molecular flexibility index (Phi) is 4.50. The van der Waals surface area contributed by atoms with Gasteiger partial charge in [0, 0.05) is 27.5 Å². The molecule has 4 N–H and O–H groups in total. The van der Waals surface area contributed by atoms with E-state index in [1.54, 1.807) is 30.3 Å². The van der Waals surface area contributed by atoms with E-state index in [0.29, 0.717) is 21.7 Å². The fraction of sp³-hybridized carbons (Fsp3) is 0. The molecule has 5 nitrogen and oxygen atoms in total. The van der Waals surface area contributed by atoms with Crippen molar-refractivity contribution in [3.63, 3.8) is 0 Å². The molecule has 2 aromatic carbocycles. The van der Waals surface area contributed by atoms with Gasteiger partial charge in [-0.2, -0.15) is 9.97 Å². The molecule has 0 fully saturated rings. The third-order valence-corrected chi connectivity index (χ3v) is 3.41. The number of nitrogens with two attached hydrogens (primary N) is 1.